The molecule has 1 aliphatic heterocycles. The Morgan fingerprint density at radius 1 is 1.31 bits per heavy atom. The van der Waals surface area contributed by atoms with Gasteiger partial charge in [-0.3, -0.25) is 0 Å². The number of hydrogen-bond donors (Lipinski definition) is 0. The Kier molecular flexibility index (Phi) is 6.39. The molecule has 36 heavy (non-hydrogen) atoms. The van der Waals surface area contributed by atoms with Crippen molar-refractivity contribution in [3.8, 4) is 5.75 Å². The predicted octanol–water partition coefficient (Wildman–Crippen LogP) is 5.51. The van der Waals surface area contributed by atoms with Crippen LogP contribution >= 0.6 is 34.3 Å². The summed E-state index contributed by atoms with van der Waals surface area (Å²) < 4.78 is 50.9. The maximum atomic E-state index is 12.9. The number of alkyl halides is 3. The molecule has 0 N–H and O–H groups in total. The zero-order valence-electron chi connectivity index (χ0n) is 18.7. The maximum Gasteiger partial charge on any atom is 0.416 e. The molecule has 0 aliphatic carbocycles. The van der Waals surface area contributed by atoms with E-state index in [9.17, 15) is 18.0 Å². The minimum absolute atomic E-state index is 0.0826. The third-order valence-corrected chi connectivity index (χ3v) is 7.61. The number of esters is 1. The van der Waals surface area contributed by atoms with Crippen LogP contribution in [0.3, 0.4) is 0 Å². The second-order valence-corrected chi connectivity index (χ2v) is 10.4. The van der Waals surface area contributed by atoms with E-state index in [-0.39, 0.29) is 10.8 Å². The first-order valence-electron chi connectivity index (χ1n) is 10.5. The number of methoxy groups -OCH3 is 1. The number of imidazole rings is 1. The number of aromatic nitrogens is 4. The first-order chi connectivity index (χ1) is 17.2. The molecule has 1 aromatic carbocycles. The molecule has 0 amide bonds. The summed E-state index contributed by atoms with van der Waals surface area (Å²) in [5.41, 5.74) is 0.842. The average Bonchev–Trinajstić information content (AvgIpc) is 3.53. The van der Waals surface area contributed by atoms with Crippen LogP contribution < -0.4 is 4.74 Å². The number of rotatable bonds is 5. The number of thiazole rings is 1. The van der Waals surface area contributed by atoms with Gasteiger partial charge >= 0.3 is 12.1 Å². The molecule has 0 saturated carbocycles. The molecule has 3 aromatic heterocycles. The molecular weight excluding hydrogens is 539 g/mol. The molecule has 0 bridgehead atoms. The lowest BCUT2D eigenvalue weighted by Crippen LogP contribution is -2.33. The van der Waals surface area contributed by atoms with E-state index in [1.54, 1.807) is 10.7 Å². The third kappa shape index (κ3) is 4.53. The quantitative estimate of drug-likeness (QED) is 0.237. The van der Waals surface area contributed by atoms with Crippen LogP contribution in [0.25, 0.3) is 4.96 Å². The molecule has 8 nitrogen and oxygen atoms in total. The predicted molar refractivity (Wildman–Crippen MR) is 128 cm³/mol. The fraction of sp³-hybridized carbons (Fsp3) is 0.273. The molecule has 1 unspecified atom stereocenters. The van der Waals surface area contributed by atoms with Gasteiger partial charge in [0.05, 0.1) is 35.3 Å². The van der Waals surface area contributed by atoms with Crippen molar-refractivity contribution in [1.29, 1.82) is 0 Å². The highest BCUT2D eigenvalue weighted by Crippen LogP contribution is 2.39. The number of nitrogens with zero attached hydrogens (tertiary/aromatic N) is 5. The highest BCUT2D eigenvalue weighted by Gasteiger charge is 2.35. The molecule has 0 fully saturated rings. The van der Waals surface area contributed by atoms with E-state index in [4.69, 9.17) is 26.1 Å². The zero-order valence-corrected chi connectivity index (χ0v) is 21.1. The summed E-state index contributed by atoms with van der Waals surface area (Å²) in [5.74, 6) is -0.403. The van der Waals surface area contributed by atoms with Gasteiger partial charge in [0.2, 0.25) is 4.96 Å². The van der Waals surface area contributed by atoms with Crippen LogP contribution in [0.4, 0.5) is 13.2 Å². The number of halogens is 4. The minimum atomic E-state index is -4.50. The van der Waals surface area contributed by atoms with Crippen molar-refractivity contribution in [3.05, 3.63) is 73.7 Å². The summed E-state index contributed by atoms with van der Waals surface area (Å²) in [6.07, 6.45) is 0.607. The lowest BCUT2D eigenvalue weighted by Gasteiger charge is -2.32. The van der Waals surface area contributed by atoms with Gasteiger partial charge in [-0.05, 0) is 25.1 Å². The second-order valence-electron chi connectivity index (χ2n) is 7.75. The smallest absolute Gasteiger partial charge is 0.416 e. The van der Waals surface area contributed by atoms with Crippen molar-refractivity contribution < 1.29 is 27.4 Å². The Balaban J connectivity index is 1.48. The number of carbonyl (C=O) groups excluding carboxylic acids is 1. The summed E-state index contributed by atoms with van der Waals surface area (Å²) in [5, 5.41) is 5.90. The van der Waals surface area contributed by atoms with E-state index in [2.05, 4.69) is 10.1 Å². The van der Waals surface area contributed by atoms with Crippen molar-refractivity contribution in [2.24, 2.45) is 0 Å². The Hall–Kier alpha value is -3.16. The van der Waals surface area contributed by atoms with Gasteiger partial charge in [0.25, 0.3) is 0 Å². The molecule has 0 spiro atoms. The molecule has 0 saturated heterocycles. The lowest BCUT2D eigenvalue weighted by molar-refractivity contribution is -0.137. The Bertz CT molecular complexity index is 1480. The van der Waals surface area contributed by atoms with Gasteiger partial charge in [-0.25, -0.2) is 19.3 Å². The molecule has 4 aromatic rings. The van der Waals surface area contributed by atoms with Gasteiger partial charge in [0.1, 0.15) is 32.9 Å². The molecule has 4 heterocycles. The van der Waals surface area contributed by atoms with Crippen molar-refractivity contribution >= 4 is 45.2 Å². The highest BCUT2D eigenvalue weighted by atomic mass is 35.5. The summed E-state index contributed by atoms with van der Waals surface area (Å²) in [6.45, 7) is 2.44. The molecule has 0 radical (unpaired) electrons. The largest absolute Gasteiger partial charge is 0.465 e. The number of aryl methyl sites for hydroxylation is 1. The van der Waals surface area contributed by atoms with Gasteiger partial charge in [-0.15, -0.1) is 11.3 Å². The van der Waals surface area contributed by atoms with Gasteiger partial charge < -0.3 is 14.4 Å². The van der Waals surface area contributed by atoms with E-state index in [0.29, 0.717) is 22.9 Å². The van der Waals surface area contributed by atoms with E-state index < -0.39 is 23.8 Å². The van der Waals surface area contributed by atoms with Crippen LogP contribution in [0.5, 0.6) is 5.75 Å². The molecule has 1 aliphatic rings. The standard InChI is InChI=1S/C22H17ClF3N5O3S2/c1-11-29-31-17-14(28-21(31)35-11)5-6-30(18(17)19-27-10-16(36-19)20(32)33-2)7-8-34-15-4-3-12(9-13(15)23)22(24,25)26/h3-4,7-10,18H,5-6H2,1-2H3. The van der Waals surface area contributed by atoms with Crippen LogP contribution in [0.2, 0.25) is 5.02 Å². The number of fused-ring (bicyclic) bond motifs is 3. The van der Waals surface area contributed by atoms with Gasteiger partial charge in [0, 0.05) is 19.2 Å². The Labute approximate surface area is 215 Å². The highest BCUT2D eigenvalue weighted by molar-refractivity contribution is 7.16. The van der Waals surface area contributed by atoms with Crippen LogP contribution in [-0.4, -0.2) is 44.1 Å². The van der Waals surface area contributed by atoms with Crippen molar-refractivity contribution in [1.82, 2.24) is 24.5 Å². The van der Waals surface area contributed by atoms with E-state index in [1.165, 1.54) is 48.3 Å². The summed E-state index contributed by atoms with van der Waals surface area (Å²) >= 11 is 8.67. The van der Waals surface area contributed by atoms with Crippen molar-refractivity contribution in [3.63, 3.8) is 0 Å². The van der Waals surface area contributed by atoms with E-state index in [0.717, 1.165) is 33.5 Å². The van der Waals surface area contributed by atoms with Gasteiger partial charge in [-0.2, -0.15) is 18.3 Å². The maximum absolute atomic E-state index is 12.9. The van der Waals surface area contributed by atoms with Gasteiger partial charge in [0.15, 0.2) is 0 Å². The van der Waals surface area contributed by atoms with E-state index in [1.807, 2.05) is 11.8 Å². The third-order valence-electron chi connectivity index (χ3n) is 5.46. The number of carbonyl (C=O) groups is 1. The number of ether oxygens (including phenoxy) is 2. The van der Waals surface area contributed by atoms with Gasteiger partial charge in [-0.1, -0.05) is 22.9 Å². The normalized spacial score (nSPS) is 16.1. The van der Waals surface area contributed by atoms with E-state index >= 15 is 0 Å². The Morgan fingerprint density at radius 3 is 2.83 bits per heavy atom. The lowest BCUT2D eigenvalue weighted by atomic mass is 10.0. The first-order valence-corrected chi connectivity index (χ1v) is 12.5. The first kappa shape index (κ1) is 24.5. The van der Waals surface area contributed by atoms with Crippen molar-refractivity contribution in [2.75, 3.05) is 13.7 Å². The summed E-state index contributed by atoms with van der Waals surface area (Å²) in [7, 11) is 1.30. The van der Waals surface area contributed by atoms with Crippen LogP contribution in [0.1, 0.15) is 42.7 Å². The second kappa shape index (κ2) is 9.37. The van der Waals surface area contributed by atoms with Crippen LogP contribution in [-0.2, 0) is 17.3 Å². The number of hydrogen-bond acceptors (Lipinski definition) is 9. The summed E-state index contributed by atoms with van der Waals surface area (Å²) in [6, 6.07) is 2.46. The van der Waals surface area contributed by atoms with Crippen LogP contribution in [0.15, 0.2) is 36.9 Å². The average molecular weight is 556 g/mol. The zero-order chi connectivity index (χ0) is 25.6. The SMILES string of the molecule is COC(=O)c1cnc(C2c3c(nc4sc(C)nn34)CCN2C=COc2ccc(C(F)(F)F)cc2Cl)s1. The summed E-state index contributed by atoms with van der Waals surface area (Å²) in [4.78, 5) is 24.3. The Morgan fingerprint density at radius 2 is 2.11 bits per heavy atom. The van der Waals surface area contributed by atoms with Crippen LogP contribution in [0, 0.1) is 6.92 Å². The molecule has 14 heteroatoms. The monoisotopic (exact) mass is 555 g/mol. The molecule has 5 rings (SSSR count). The molecular formula is C22H17ClF3N5O3S2. The van der Waals surface area contributed by atoms with Crippen molar-refractivity contribution in [2.45, 2.75) is 25.6 Å². The molecule has 1 atom stereocenters. The minimum Gasteiger partial charge on any atom is -0.465 e. The fourth-order valence-corrected chi connectivity index (χ4v) is 5.82. The number of benzene rings is 1. The fourth-order valence-electron chi connectivity index (χ4n) is 3.86. The topological polar surface area (TPSA) is 81.8 Å². The molecule has 188 valence electrons.